The smallest absolute Gasteiger partial charge is 0.122 e. The maximum Gasteiger partial charge on any atom is 0.122 e. The van der Waals surface area contributed by atoms with Crippen LogP contribution in [0.5, 0.6) is 5.75 Å². The molecule has 2 unspecified atom stereocenters. The maximum atomic E-state index is 10.9. The number of aliphatic hydroxyl groups excluding tert-OH is 1. The zero-order chi connectivity index (χ0) is 15.3. The van der Waals surface area contributed by atoms with Crippen molar-refractivity contribution in [1.29, 1.82) is 0 Å². The number of nitrogens with zero attached hydrogens (tertiary/aromatic N) is 1. The average molecular weight is 293 g/mol. The van der Waals surface area contributed by atoms with E-state index in [1.165, 1.54) is 0 Å². The van der Waals surface area contributed by atoms with E-state index in [2.05, 4.69) is 18.7 Å². The minimum atomic E-state index is -0.433. The molecule has 2 rings (SSSR count). The first-order chi connectivity index (χ1) is 10.1. The molecule has 0 amide bonds. The summed E-state index contributed by atoms with van der Waals surface area (Å²) in [6.07, 6.45) is 1.08. The van der Waals surface area contributed by atoms with E-state index in [-0.39, 0.29) is 5.54 Å². The second-order valence-electron chi connectivity index (χ2n) is 5.84. The van der Waals surface area contributed by atoms with Gasteiger partial charge in [0.1, 0.15) is 5.75 Å². The van der Waals surface area contributed by atoms with Gasteiger partial charge in [0.25, 0.3) is 0 Å². The molecule has 1 aliphatic rings. The van der Waals surface area contributed by atoms with Crippen LogP contribution >= 0.6 is 0 Å². The molecule has 2 atom stereocenters. The first-order valence-electron chi connectivity index (χ1n) is 7.74. The molecular formula is C17H27NO3. The van der Waals surface area contributed by atoms with Crippen LogP contribution in [0.3, 0.4) is 0 Å². The summed E-state index contributed by atoms with van der Waals surface area (Å²) >= 11 is 0. The molecule has 21 heavy (non-hydrogen) atoms. The largest absolute Gasteiger partial charge is 0.496 e. The number of methoxy groups -OCH3 is 1. The molecular weight excluding hydrogens is 266 g/mol. The van der Waals surface area contributed by atoms with Crippen molar-refractivity contribution in [2.24, 2.45) is 0 Å². The molecule has 1 saturated heterocycles. The molecule has 0 bridgehead atoms. The Kier molecular flexibility index (Phi) is 5.62. The topological polar surface area (TPSA) is 41.9 Å². The van der Waals surface area contributed by atoms with Crippen LogP contribution < -0.4 is 4.74 Å². The van der Waals surface area contributed by atoms with Crippen molar-refractivity contribution in [2.75, 3.05) is 33.4 Å². The van der Waals surface area contributed by atoms with Crippen LogP contribution in [0.1, 0.15) is 25.8 Å². The third-order valence-electron chi connectivity index (χ3n) is 4.77. The predicted octanol–water partition coefficient (Wildman–Crippen LogP) is 2.10. The van der Waals surface area contributed by atoms with Crippen molar-refractivity contribution in [3.8, 4) is 5.75 Å². The molecule has 0 spiro atoms. The maximum absolute atomic E-state index is 10.9. The minimum absolute atomic E-state index is 0.232. The Labute approximate surface area is 127 Å². The second-order valence-corrected chi connectivity index (χ2v) is 5.84. The lowest BCUT2D eigenvalue weighted by Gasteiger charge is -2.46. The van der Waals surface area contributed by atoms with Gasteiger partial charge in [0.2, 0.25) is 0 Å². The van der Waals surface area contributed by atoms with Crippen LogP contribution in [0.2, 0.25) is 0 Å². The molecule has 0 saturated carbocycles. The molecule has 118 valence electrons. The summed E-state index contributed by atoms with van der Waals surface area (Å²) in [5, 5.41) is 10.9. The van der Waals surface area contributed by atoms with Crippen LogP contribution in [-0.2, 0) is 11.2 Å². The lowest BCUT2D eigenvalue weighted by atomic mass is 9.85. The number of morpholine rings is 1. The van der Waals surface area contributed by atoms with Gasteiger partial charge in [0.15, 0.2) is 0 Å². The Bertz CT molecular complexity index is 445. The number of benzene rings is 1. The second kappa shape index (κ2) is 7.25. The van der Waals surface area contributed by atoms with E-state index >= 15 is 0 Å². The van der Waals surface area contributed by atoms with Gasteiger partial charge in [-0.2, -0.15) is 0 Å². The summed E-state index contributed by atoms with van der Waals surface area (Å²) < 4.78 is 10.8. The monoisotopic (exact) mass is 293 g/mol. The van der Waals surface area contributed by atoms with Crippen molar-refractivity contribution in [1.82, 2.24) is 4.90 Å². The third kappa shape index (κ3) is 3.57. The number of para-hydroxylation sites is 1. The highest BCUT2D eigenvalue weighted by Crippen LogP contribution is 2.29. The third-order valence-corrected chi connectivity index (χ3v) is 4.77. The molecule has 0 aliphatic carbocycles. The molecule has 1 fully saturated rings. The fourth-order valence-corrected chi connectivity index (χ4v) is 3.04. The van der Waals surface area contributed by atoms with E-state index in [1.54, 1.807) is 7.11 Å². The number of ether oxygens (including phenoxy) is 2. The summed E-state index contributed by atoms with van der Waals surface area (Å²) in [7, 11) is 1.67. The average Bonchev–Trinajstić information content (AvgIpc) is 2.55. The molecule has 1 N–H and O–H groups in total. The van der Waals surface area contributed by atoms with E-state index in [1.807, 2.05) is 24.3 Å². The van der Waals surface area contributed by atoms with Gasteiger partial charge in [0, 0.05) is 25.0 Å². The molecule has 1 aromatic carbocycles. The standard InChI is InChI=1S/C17H27NO3/c1-4-17(2,18-9-11-21-12-10-18)16(19)13-14-7-5-6-8-15(14)20-3/h5-8,16,19H,4,9-13H2,1-3H3. The van der Waals surface area contributed by atoms with E-state index < -0.39 is 6.10 Å². The molecule has 1 heterocycles. The lowest BCUT2D eigenvalue weighted by molar-refractivity contribution is -0.0715. The van der Waals surface area contributed by atoms with E-state index in [4.69, 9.17) is 9.47 Å². The van der Waals surface area contributed by atoms with Gasteiger partial charge in [-0.3, -0.25) is 4.90 Å². The number of aliphatic hydroxyl groups is 1. The molecule has 1 aliphatic heterocycles. The van der Waals surface area contributed by atoms with Gasteiger partial charge in [-0.1, -0.05) is 25.1 Å². The Hall–Kier alpha value is -1.10. The van der Waals surface area contributed by atoms with E-state index in [0.717, 1.165) is 44.0 Å². The number of rotatable bonds is 6. The zero-order valence-electron chi connectivity index (χ0n) is 13.3. The van der Waals surface area contributed by atoms with Crippen molar-refractivity contribution >= 4 is 0 Å². The highest BCUT2D eigenvalue weighted by molar-refractivity contribution is 5.34. The Morgan fingerprint density at radius 3 is 2.62 bits per heavy atom. The molecule has 1 aromatic rings. The quantitative estimate of drug-likeness (QED) is 0.872. The van der Waals surface area contributed by atoms with Crippen LogP contribution in [0.4, 0.5) is 0 Å². The summed E-state index contributed by atoms with van der Waals surface area (Å²) in [5.74, 6) is 0.844. The van der Waals surface area contributed by atoms with E-state index in [0.29, 0.717) is 6.42 Å². The SMILES string of the molecule is CCC(C)(C(O)Cc1ccccc1OC)N1CCOCC1. The van der Waals surface area contributed by atoms with Gasteiger partial charge in [-0.15, -0.1) is 0 Å². The van der Waals surface area contributed by atoms with Crippen molar-refractivity contribution < 1.29 is 14.6 Å². The van der Waals surface area contributed by atoms with Gasteiger partial charge in [-0.25, -0.2) is 0 Å². The molecule has 0 radical (unpaired) electrons. The van der Waals surface area contributed by atoms with Crippen LogP contribution in [0.25, 0.3) is 0 Å². The summed E-state index contributed by atoms with van der Waals surface area (Å²) in [5.41, 5.74) is 0.824. The highest BCUT2D eigenvalue weighted by atomic mass is 16.5. The normalized spacial score (nSPS) is 20.8. The van der Waals surface area contributed by atoms with Gasteiger partial charge in [-0.05, 0) is 25.0 Å². The van der Waals surface area contributed by atoms with Crippen molar-refractivity contribution in [3.63, 3.8) is 0 Å². The summed E-state index contributed by atoms with van der Waals surface area (Å²) in [6, 6.07) is 7.91. The van der Waals surface area contributed by atoms with Crippen molar-refractivity contribution in [3.05, 3.63) is 29.8 Å². The lowest BCUT2D eigenvalue weighted by Crippen LogP contribution is -2.58. The zero-order valence-corrected chi connectivity index (χ0v) is 13.3. The van der Waals surface area contributed by atoms with E-state index in [9.17, 15) is 5.11 Å². The van der Waals surface area contributed by atoms with Gasteiger partial charge >= 0.3 is 0 Å². The predicted molar refractivity (Wildman–Crippen MR) is 83.8 cm³/mol. The highest BCUT2D eigenvalue weighted by Gasteiger charge is 2.38. The number of hydrogen-bond acceptors (Lipinski definition) is 4. The Morgan fingerprint density at radius 2 is 2.00 bits per heavy atom. The van der Waals surface area contributed by atoms with Crippen LogP contribution in [0.15, 0.2) is 24.3 Å². The van der Waals surface area contributed by atoms with Crippen molar-refractivity contribution in [2.45, 2.75) is 38.3 Å². The Balaban J connectivity index is 2.13. The summed E-state index contributed by atoms with van der Waals surface area (Å²) in [4.78, 5) is 2.36. The van der Waals surface area contributed by atoms with Crippen LogP contribution in [-0.4, -0.2) is 55.1 Å². The van der Waals surface area contributed by atoms with Crippen LogP contribution in [0, 0.1) is 0 Å². The number of hydrogen-bond donors (Lipinski definition) is 1. The fourth-order valence-electron chi connectivity index (χ4n) is 3.04. The van der Waals surface area contributed by atoms with Gasteiger partial charge < -0.3 is 14.6 Å². The first-order valence-corrected chi connectivity index (χ1v) is 7.74. The fraction of sp³-hybridized carbons (Fsp3) is 0.647. The summed E-state index contributed by atoms with van der Waals surface area (Å²) in [6.45, 7) is 7.55. The Morgan fingerprint density at radius 1 is 1.33 bits per heavy atom. The van der Waals surface area contributed by atoms with Gasteiger partial charge in [0.05, 0.1) is 26.4 Å². The molecule has 4 heteroatoms. The minimum Gasteiger partial charge on any atom is -0.496 e. The molecule has 0 aromatic heterocycles. The first kappa shape index (κ1) is 16.3. The molecule has 4 nitrogen and oxygen atoms in total.